The molecule has 0 unspecified atom stereocenters. The van der Waals surface area contributed by atoms with Crippen LogP contribution >= 0.6 is 0 Å². The Morgan fingerprint density at radius 3 is 1.65 bits per heavy atom. The van der Waals surface area contributed by atoms with Crippen molar-refractivity contribution >= 4 is 12.0 Å². The number of hydrogen-bond acceptors (Lipinski definition) is 1. The van der Waals surface area contributed by atoms with Gasteiger partial charge in [-0.05, 0) is 0 Å². The summed E-state index contributed by atoms with van der Waals surface area (Å²) in [7, 11) is 0. The zero-order valence-corrected chi connectivity index (χ0v) is 10.6. The van der Waals surface area contributed by atoms with Gasteiger partial charge in [0, 0.05) is 24.0 Å². The quantitative estimate of drug-likeness (QED) is 0.258. The number of rotatable bonds is 1. The van der Waals surface area contributed by atoms with E-state index in [1.54, 1.807) is 0 Å². The van der Waals surface area contributed by atoms with E-state index in [9.17, 15) is 4.79 Å². The average Bonchev–Trinajstić information content (AvgIpc) is 2.98. The van der Waals surface area contributed by atoms with Crippen molar-refractivity contribution in [1.29, 1.82) is 0 Å². The van der Waals surface area contributed by atoms with E-state index in [1.165, 1.54) is 6.92 Å². The van der Waals surface area contributed by atoms with E-state index in [4.69, 9.17) is 5.53 Å². The van der Waals surface area contributed by atoms with Crippen LogP contribution in [0, 0.1) is 0 Å². The van der Waals surface area contributed by atoms with E-state index in [1.807, 2.05) is 60.7 Å². The minimum absolute atomic E-state index is 0. The molecule has 0 heterocycles. The van der Waals surface area contributed by atoms with E-state index < -0.39 is 0 Å². The van der Waals surface area contributed by atoms with Crippen molar-refractivity contribution in [2.45, 2.75) is 6.92 Å². The molecule has 2 aromatic carbocycles. The van der Waals surface area contributed by atoms with Crippen LogP contribution < -0.4 is 0 Å². The summed E-state index contributed by atoms with van der Waals surface area (Å²) >= 11 is 0. The molecule has 0 fully saturated rings. The summed E-state index contributed by atoms with van der Waals surface area (Å²) in [6, 6.07) is 20.0. The molecule has 2 aromatic rings. The molecule has 96 valence electrons. The molecule has 0 saturated carbocycles. The van der Waals surface area contributed by atoms with E-state index >= 15 is 0 Å². The largest absolute Gasteiger partial charge is 0.748 e. The summed E-state index contributed by atoms with van der Waals surface area (Å²) in [5.74, 6) is -0.252. The first-order valence-electron chi connectivity index (χ1n) is 4.78. The Morgan fingerprint density at radius 1 is 1.12 bits per heavy atom. The molecule has 0 spiro atoms. The number of Topliss-reactive ketones (excluding diaryl/α,β-unsaturated/α-hetero) is 1. The second-order valence-corrected chi connectivity index (χ2v) is 2.78. The Labute approximate surface area is 112 Å². The molecule has 0 aliphatic heterocycles. The van der Waals surface area contributed by atoms with Gasteiger partial charge >= 0.3 is 6.21 Å². The molecular formula is C13H14FeN2O-6. The minimum atomic E-state index is -0.252. The summed E-state index contributed by atoms with van der Waals surface area (Å²) < 4.78 is 0. The van der Waals surface area contributed by atoms with Crippen molar-refractivity contribution in [2.75, 3.05) is 0 Å². The predicted molar refractivity (Wildman–Crippen MR) is 64.4 cm³/mol. The molecule has 0 bridgehead atoms. The number of carbonyl (C=O) groups is 1. The Morgan fingerprint density at radius 2 is 1.53 bits per heavy atom. The van der Waals surface area contributed by atoms with Gasteiger partial charge in [-0.25, -0.2) is 12.1 Å². The van der Waals surface area contributed by atoms with Crippen LogP contribution in [0.1, 0.15) is 6.92 Å². The molecule has 3 nitrogen and oxygen atoms in total. The maximum absolute atomic E-state index is 9.73. The molecule has 0 aromatic heterocycles. The van der Waals surface area contributed by atoms with Gasteiger partial charge in [-0.15, -0.1) is 0 Å². The summed E-state index contributed by atoms with van der Waals surface area (Å²) in [6.07, 6.45) is 0.833. The molecule has 0 aliphatic rings. The molecule has 17 heavy (non-hydrogen) atoms. The van der Waals surface area contributed by atoms with E-state index in [2.05, 4.69) is 4.79 Å². The third-order valence-electron chi connectivity index (χ3n) is 1.35. The molecular weight excluding hydrogens is 256 g/mol. The van der Waals surface area contributed by atoms with E-state index in [-0.39, 0.29) is 22.9 Å². The normalized spacial score (nSPS) is 6.88. The topological polar surface area (TPSA) is 53.5 Å². The fourth-order valence-corrected chi connectivity index (χ4v) is 0.723. The predicted octanol–water partition coefficient (Wildman–Crippen LogP) is 2.68. The van der Waals surface area contributed by atoms with Crippen molar-refractivity contribution in [2.24, 2.45) is 0 Å². The number of ketones is 1. The molecule has 0 saturated heterocycles. The van der Waals surface area contributed by atoms with Gasteiger partial charge in [0.25, 0.3) is 0 Å². The van der Waals surface area contributed by atoms with Crippen LogP contribution in [0.15, 0.2) is 60.7 Å². The maximum Gasteiger partial charge on any atom is 0.322 e. The van der Waals surface area contributed by atoms with Gasteiger partial charge in [0.15, 0.2) is 0 Å². The van der Waals surface area contributed by atoms with Crippen LogP contribution in [-0.4, -0.2) is 16.8 Å². The second kappa shape index (κ2) is 14.3. The van der Waals surface area contributed by atoms with Crippen molar-refractivity contribution in [3.63, 3.8) is 0 Å². The Bertz CT molecular complexity index is 326. The third kappa shape index (κ3) is 16.9. The van der Waals surface area contributed by atoms with Crippen molar-refractivity contribution in [3.05, 3.63) is 66.2 Å². The zero-order valence-electron chi connectivity index (χ0n) is 9.51. The van der Waals surface area contributed by atoms with Gasteiger partial charge in [0.2, 0.25) is 5.78 Å². The summed E-state index contributed by atoms with van der Waals surface area (Å²) in [6.45, 7) is 1.31. The van der Waals surface area contributed by atoms with Crippen LogP contribution in [0.3, 0.4) is 0 Å². The monoisotopic (exact) mass is 270 g/mol. The molecule has 4 heteroatoms. The molecule has 0 amide bonds. The molecule has 0 atom stereocenters. The fourth-order valence-electron chi connectivity index (χ4n) is 0.723. The maximum atomic E-state index is 9.73. The number of nitrogens with zero attached hydrogens (tertiary/aromatic N) is 2. The van der Waals surface area contributed by atoms with E-state index in [0.717, 1.165) is 6.21 Å². The van der Waals surface area contributed by atoms with Gasteiger partial charge in [0.05, 0.1) is 0 Å². The standard InChI is InChI=1S/2C5H5.C3H4N2O.Fe/c2*1-2-4-5-3-1;1-3(6)2-5-4;/h2*1-5H;2H,1H3;/q-5;-1;;. The van der Waals surface area contributed by atoms with Gasteiger partial charge in [-0.1, -0.05) is 0 Å². The first kappa shape index (κ1) is 17.7. The Hall–Kier alpha value is -1.73. The van der Waals surface area contributed by atoms with Crippen LogP contribution in [0.5, 0.6) is 0 Å². The van der Waals surface area contributed by atoms with Crippen LogP contribution in [0.25, 0.3) is 5.53 Å². The van der Waals surface area contributed by atoms with Crippen molar-refractivity contribution < 1.29 is 26.7 Å². The third-order valence-corrected chi connectivity index (χ3v) is 1.35. The van der Waals surface area contributed by atoms with Gasteiger partial charge in [-0.3, -0.25) is 4.79 Å². The number of hydrogen-bond donors (Lipinski definition) is 0. The van der Waals surface area contributed by atoms with Crippen molar-refractivity contribution in [3.8, 4) is 0 Å². The molecule has 0 aliphatic carbocycles. The first-order valence-corrected chi connectivity index (χ1v) is 4.78. The molecule has 0 radical (unpaired) electrons. The van der Waals surface area contributed by atoms with Gasteiger partial charge in [0.1, 0.15) is 0 Å². The Kier molecular flexibility index (Phi) is 14.8. The van der Waals surface area contributed by atoms with E-state index in [0.29, 0.717) is 0 Å². The van der Waals surface area contributed by atoms with Crippen LogP contribution in [0.2, 0.25) is 0 Å². The molecule has 2 rings (SSSR count). The second-order valence-electron chi connectivity index (χ2n) is 2.78. The zero-order chi connectivity index (χ0) is 12.1. The summed E-state index contributed by atoms with van der Waals surface area (Å²) in [5.41, 5.74) is 7.59. The molecule has 0 N–H and O–H groups in total. The van der Waals surface area contributed by atoms with Crippen molar-refractivity contribution in [1.82, 2.24) is 0 Å². The van der Waals surface area contributed by atoms with Gasteiger partial charge in [-0.2, -0.15) is 23.0 Å². The first-order chi connectivity index (χ1) is 7.77. The smallest absolute Gasteiger partial charge is 0.322 e. The summed E-state index contributed by atoms with van der Waals surface area (Å²) in [4.78, 5) is 12.2. The van der Waals surface area contributed by atoms with Crippen LogP contribution in [-0.2, 0) is 21.9 Å². The van der Waals surface area contributed by atoms with Crippen LogP contribution in [0.4, 0.5) is 0 Å². The van der Waals surface area contributed by atoms with Gasteiger partial charge < -0.3 is 35.9 Å². The average molecular weight is 270 g/mol. The minimum Gasteiger partial charge on any atom is -0.748 e. The fraction of sp³-hybridized carbons (Fsp3) is 0.0769. The SMILES string of the molecule is CC(=O)C=[N+]=[N-].[Fe].[cH-]1[cH-][cH-][cH-][cH-]1.c1cc[cH-]c1. The Balaban J connectivity index is 0. The number of carbonyl (C=O) groups excluding carboxylic acids is 1. The summed E-state index contributed by atoms with van der Waals surface area (Å²) in [5, 5.41) is 0.